The lowest BCUT2D eigenvalue weighted by molar-refractivity contribution is 0.147. The normalized spacial score (nSPS) is 11.4. The van der Waals surface area contributed by atoms with E-state index >= 15 is 0 Å². The topological polar surface area (TPSA) is 43.8 Å². The average molecular weight is 197 g/mol. The highest BCUT2D eigenvalue weighted by Gasteiger charge is 2.18. The average Bonchev–Trinajstić information content (AvgIpc) is 2.46. The number of anilines is 1. The van der Waals surface area contributed by atoms with Gasteiger partial charge < -0.3 is 5.73 Å². The van der Waals surface area contributed by atoms with Crippen LogP contribution in [-0.4, -0.2) is 9.78 Å². The molecule has 3 nitrogen and oxygen atoms in total. The van der Waals surface area contributed by atoms with Crippen LogP contribution in [-0.2, 0) is 7.05 Å². The van der Waals surface area contributed by atoms with E-state index in [1.54, 1.807) is 25.2 Å². The molecule has 2 rings (SSSR count). The third kappa shape index (κ3) is 1.13. The fraction of sp³-hybridized carbons (Fsp3) is 0.222. The summed E-state index contributed by atoms with van der Waals surface area (Å²) in [6.45, 7) is 0. The monoisotopic (exact) mass is 197 g/mol. The van der Waals surface area contributed by atoms with E-state index in [4.69, 9.17) is 5.73 Å². The maximum Gasteiger partial charge on any atom is 0.282 e. The lowest BCUT2D eigenvalue weighted by atomic mass is 10.2. The van der Waals surface area contributed by atoms with Crippen molar-refractivity contribution < 1.29 is 8.78 Å². The van der Waals surface area contributed by atoms with Gasteiger partial charge in [0.1, 0.15) is 5.69 Å². The lowest BCUT2D eigenvalue weighted by Gasteiger charge is -1.98. The highest BCUT2D eigenvalue weighted by molar-refractivity contribution is 5.93. The Morgan fingerprint density at radius 1 is 1.43 bits per heavy atom. The second-order valence-electron chi connectivity index (χ2n) is 3.05. The zero-order chi connectivity index (χ0) is 10.3. The van der Waals surface area contributed by atoms with E-state index in [1.165, 1.54) is 4.68 Å². The molecule has 0 fully saturated rings. The number of aryl methyl sites for hydroxylation is 1. The summed E-state index contributed by atoms with van der Waals surface area (Å²) in [5.74, 6) is 0. The Kier molecular flexibility index (Phi) is 1.87. The van der Waals surface area contributed by atoms with Crippen LogP contribution in [0.5, 0.6) is 0 Å². The van der Waals surface area contributed by atoms with Crippen molar-refractivity contribution in [3.63, 3.8) is 0 Å². The second kappa shape index (κ2) is 2.94. The molecule has 2 N–H and O–H groups in total. The summed E-state index contributed by atoms with van der Waals surface area (Å²) >= 11 is 0. The fourth-order valence-corrected chi connectivity index (χ4v) is 1.52. The van der Waals surface area contributed by atoms with E-state index < -0.39 is 6.43 Å². The number of aromatic nitrogens is 2. The molecule has 0 bridgehead atoms. The van der Waals surface area contributed by atoms with Crippen molar-refractivity contribution in [1.82, 2.24) is 9.78 Å². The maximum atomic E-state index is 12.6. The van der Waals surface area contributed by atoms with Crippen molar-refractivity contribution in [3.8, 4) is 0 Å². The molecule has 5 heteroatoms. The molecule has 0 amide bonds. The zero-order valence-electron chi connectivity index (χ0n) is 7.54. The molecule has 0 unspecified atom stereocenters. The zero-order valence-corrected chi connectivity index (χ0v) is 7.54. The van der Waals surface area contributed by atoms with E-state index in [0.29, 0.717) is 16.6 Å². The summed E-state index contributed by atoms with van der Waals surface area (Å²) < 4.78 is 26.5. The number of hydrogen-bond acceptors (Lipinski definition) is 2. The minimum atomic E-state index is -2.59. The molecule has 0 aliphatic rings. The SMILES string of the molecule is Cn1nc(C(F)F)c2c(N)cccc21. The molecular weight excluding hydrogens is 188 g/mol. The molecule has 0 aliphatic carbocycles. The Labute approximate surface area is 79.1 Å². The van der Waals surface area contributed by atoms with E-state index in [-0.39, 0.29) is 5.69 Å². The van der Waals surface area contributed by atoms with E-state index in [9.17, 15) is 8.78 Å². The number of nitrogen functional groups attached to an aromatic ring is 1. The van der Waals surface area contributed by atoms with Gasteiger partial charge in [-0.1, -0.05) is 6.07 Å². The van der Waals surface area contributed by atoms with Gasteiger partial charge in [-0.2, -0.15) is 5.10 Å². The summed E-state index contributed by atoms with van der Waals surface area (Å²) in [6.07, 6.45) is -2.59. The van der Waals surface area contributed by atoms with Gasteiger partial charge in [-0.15, -0.1) is 0 Å². The third-order valence-electron chi connectivity index (χ3n) is 2.14. The van der Waals surface area contributed by atoms with Gasteiger partial charge in [0.25, 0.3) is 6.43 Å². The van der Waals surface area contributed by atoms with Crippen LogP contribution in [0.25, 0.3) is 10.9 Å². The third-order valence-corrected chi connectivity index (χ3v) is 2.14. The molecule has 0 saturated heterocycles. The summed E-state index contributed by atoms with van der Waals surface area (Å²) in [7, 11) is 1.62. The van der Waals surface area contributed by atoms with Gasteiger partial charge in [0, 0.05) is 12.7 Å². The second-order valence-corrected chi connectivity index (χ2v) is 3.05. The van der Waals surface area contributed by atoms with Crippen molar-refractivity contribution in [3.05, 3.63) is 23.9 Å². The van der Waals surface area contributed by atoms with Crippen LogP contribution in [0.15, 0.2) is 18.2 Å². The molecule has 0 spiro atoms. The van der Waals surface area contributed by atoms with Crippen LogP contribution < -0.4 is 5.73 Å². The number of fused-ring (bicyclic) bond motifs is 1. The molecule has 0 saturated carbocycles. The van der Waals surface area contributed by atoms with Crippen LogP contribution >= 0.6 is 0 Å². The highest BCUT2D eigenvalue weighted by Crippen LogP contribution is 2.30. The lowest BCUT2D eigenvalue weighted by Crippen LogP contribution is -1.91. The number of nitrogens with two attached hydrogens (primary N) is 1. The number of nitrogens with zero attached hydrogens (tertiary/aromatic N) is 2. The van der Waals surface area contributed by atoms with Crippen LogP contribution in [0, 0.1) is 0 Å². The first-order valence-corrected chi connectivity index (χ1v) is 4.10. The molecule has 74 valence electrons. The van der Waals surface area contributed by atoms with Gasteiger partial charge in [-0.05, 0) is 12.1 Å². The predicted molar refractivity (Wildman–Crippen MR) is 50.1 cm³/mol. The minimum absolute atomic E-state index is 0.249. The number of hydrogen-bond donors (Lipinski definition) is 1. The molecule has 0 aliphatic heterocycles. The van der Waals surface area contributed by atoms with E-state index in [0.717, 1.165) is 0 Å². The first-order valence-electron chi connectivity index (χ1n) is 4.10. The van der Waals surface area contributed by atoms with Crippen molar-refractivity contribution in [2.45, 2.75) is 6.43 Å². The highest BCUT2D eigenvalue weighted by atomic mass is 19.3. The minimum Gasteiger partial charge on any atom is -0.398 e. The fourth-order valence-electron chi connectivity index (χ4n) is 1.52. The Morgan fingerprint density at radius 3 is 2.79 bits per heavy atom. The number of rotatable bonds is 1. The van der Waals surface area contributed by atoms with Gasteiger partial charge in [0.15, 0.2) is 0 Å². The Balaban J connectivity index is 2.86. The van der Waals surface area contributed by atoms with Gasteiger partial charge in [0.05, 0.1) is 10.9 Å². The smallest absolute Gasteiger partial charge is 0.282 e. The van der Waals surface area contributed by atoms with Gasteiger partial charge in [-0.3, -0.25) is 4.68 Å². The molecule has 2 aromatic rings. The molecule has 0 atom stereocenters. The van der Waals surface area contributed by atoms with Crippen molar-refractivity contribution in [1.29, 1.82) is 0 Å². The van der Waals surface area contributed by atoms with Crippen LogP contribution in [0.2, 0.25) is 0 Å². The number of benzene rings is 1. The molecule has 1 aromatic heterocycles. The van der Waals surface area contributed by atoms with Crippen molar-refractivity contribution in [2.24, 2.45) is 7.05 Å². The van der Waals surface area contributed by atoms with E-state index in [2.05, 4.69) is 5.10 Å². The van der Waals surface area contributed by atoms with Crippen molar-refractivity contribution in [2.75, 3.05) is 5.73 Å². The summed E-state index contributed by atoms with van der Waals surface area (Å²) in [6, 6.07) is 5.02. The number of halogens is 2. The van der Waals surface area contributed by atoms with Gasteiger partial charge in [-0.25, -0.2) is 8.78 Å². The number of alkyl halides is 2. The molecular formula is C9H9F2N3. The van der Waals surface area contributed by atoms with E-state index in [1.807, 2.05) is 0 Å². The Hall–Kier alpha value is -1.65. The maximum absolute atomic E-state index is 12.6. The standard InChI is InChI=1S/C9H9F2N3/c1-14-6-4-2-3-5(12)7(6)8(13-14)9(10)11/h2-4,9H,12H2,1H3. The largest absolute Gasteiger partial charge is 0.398 e. The summed E-state index contributed by atoms with van der Waals surface area (Å²) in [5, 5.41) is 4.09. The van der Waals surface area contributed by atoms with Gasteiger partial charge in [0.2, 0.25) is 0 Å². The molecule has 0 radical (unpaired) electrons. The predicted octanol–water partition coefficient (Wildman–Crippen LogP) is 2.09. The molecule has 1 heterocycles. The van der Waals surface area contributed by atoms with Gasteiger partial charge >= 0.3 is 0 Å². The first-order chi connectivity index (χ1) is 6.61. The first kappa shape index (κ1) is 8.93. The Bertz CT molecular complexity index is 476. The van der Waals surface area contributed by atoms with Crippen LogP contribution in [0.3, 0.4) is 0 Å². The van der Waals surface area contributed by atoms with Crippen molar-refractivity contribution >= 4 is 16.6 Å². The summed E-state index contributed by atoms with van der Waals surface area (Å²) in [5.41, 5.74) is 6.34. The Morgan fingerprint density at radius 2 is 2.14 bits per heavy atom. The molecule has 1 aromatic carbocycles. The summed E-state index contributed by atoms with van der Waals surface area (Å²) in [4.78, 5) is 0. The quantitative estimate of drug-likeness (QED) is 0.711. The molecule has 14 heavy (non-hydrogen) atoms. The van der Waals surface area contributed by atoms with Crippen LogP contribution in [0.4, 0.5) is 14.5 Å². The van der Waals surface area contributed by atoms with Crippen LogP contribution in [0.1, 0.15) is 12.1 Å².